The van der Waals surface area contributed by atoms with E-state index in [2.05, 4.69) is 116 Å². The Kier molecular flexibility index (Phi) is 5.55. The van der Waals surface area contributed by atoms with Gasteiger partial charge in [0.2, 0.25) is 0 Å². The molecule has 5 aromatic rings. The third kappa shape index (κ3) is 3.66. The summed E-state index contributed by atoms with van der Waals surface area (Å²) in [5.74, 6) is 0.339. The van der Waals surface area contributed by atoms with Crippen molar-refractivity contribution in [3.63, 3.8) is 0 Å². The van der Waals surface area contributed by atoms with Gasteiger partial charge in [0.05, 0.1) is 0 Å². The lowest BCUT2D eigenvalue weighted by atomic mass is 9.82. The minimum atomic E-state index is 0.339. The number of allylic oxidation sites excluding steroid dienone is 1. The first kappa shape index (κ1) is 22.3. The van der Waals surface area contributed by atoms with Gasteiger partial charge < -0.3 is 0 Å². The van der Waals surface area contributed by atoms with E-state index in [0.717, 1.165) is 6.42 Å². The summed E-state index contributed by atoms with van der Waals surface area (Å²) >= 11 is 0. The molecule has 37 heavy (non-hydrogen) atoms. The molecular formula is C37H32. The molecule has 0 radical (unpaired) electrons. The largest absolute Gasteiger partial charge is 0.0654 e. The summed E-state index contributed by atoms with van der Waals surface area (Å²) in [5, 5.41) is 2.64. The Morgan fingerprint density at radius 3 is 2.24 bits per heavy atom. The van der Waals surface area contributed by atoms with E-state index in [1.807, 2.05) is 0 Å². The molecule has 0 bridgehead atoms. The lowest BCUT2D eigenvalue weighted by molar-refractivity contribution is 0.696. The fourth-order valence-corrected chi connectivity index (χ4v) is 6.77. The molecule has 0 nitrogen and oxygen atoms in total. The zero-order chi connectivity index (χ0) is 24.8. The van der Waals surface area contributed by atoms with Crippen LogP contribution in [0.3, 0.4) is 0 Å². The summed E-state index contributed by atoms with van der Waals surface area (Å²) < 4.78 is 0. The van der Waals surface area contributed by atoms with Crippen LogP contribution >= 0.6 is 0 Å². The molecular weight excluding hydrogens is 444 g/mol. The van der Waals surface area contributed by atoms with Crippen LogP contribution in [0.4, 0.5) is 0 Å². The second-order valence-electron chi connectivity index (χ2n) is 10.7. The van der Waals surface area contributed by atoms with Crippen molar-refractivity contribution in [3.05, 3.63) is 137 Å². The predicted molar refractivity (Wildman–Crippen MR) is 158 cm³/mol. The van der Waals surface area contributed by atoms with Crippen molar-refractivity contribution in [1.29, 1.82) is 0 Å². The van der Waals surface area contributed by atoms with Gasteiger partial charge in [0.1, 0.15) is 0 Å². The Bertz CT molecular complexity index is 1660. The van der Waals surface area contributed by atoms with Gasteiger partial charge >= 0.3 is 0 Å². The van der Waals surface area contributed by atoms with Gasteiger partial charge in [-0.3, -0.25) is 0 Å². The van der Waals surface area contributed by atoms with Gasteiger partial charge in [-0.15, -0.1) is 0 Å². The third-order valence-corrected chi connectivity index (χ3v) is 8.50. The van der Waals surface area contributed by atoms with Crippen LogP contribution in [-0.2, 0) is 6.42 Å². The van der Waals surface area contributed by atoms with E-state index in [-0.39, 0.29) is 0 Å². The van der Waals surface area contributed by atoms with Crippen molar-refractivity contribution in [1.82, 2.24) is 0 Å². The molecule has 0 fully saturated rings. The van der Waals surface area contributed by atoms with Gasteiger partial charge in [0, 0.05) is 5.92 Å². The summed E-state index contributed by atoms with van der Waals surface area (Å²) in [4.78, 5) is 0. The highest BCUT2D eigenvalue weighted by atomic mass is 14.4. The number of hydrogen-bond acceptors (Lipinski definition) is 0. The van der Waals surface area contributed by atoms with E-state index in [1.165, 1.54) is 86.5 Å². The van der Waals surface area contributed by atoms with Crippen LogP contribution in [0.25, 0.3) is 39.1 Å². The lowest BCUT2D eigenvalue weighted by Gasteiger charge is -2.22. The van der Waals surface area contributed by atoms with Gasteiger partial charge in [-0.2, -0.15) is 0 Å². The van der Waals surface area contributed by atoms with Crippen LogP contribution in [-0.4, -0.2) is 0 Å². The Hall–Kier alpha value is -3.90. The number of benzene rings is 5. The molecule has 1 atom stereocenters. The highest BCUT2D eigenvalue weighted by Gasteiger charge is 2.32. The average Bonchev–Trinajstić information content (AvgIpc) is 3.51. The molecule has 180 valence electrons. The van der Waals surface area contributed by atoms with Crippen LogP contribution in [0.2, 0.25) is 0 Å². The fraction of sp³-hybridized carbons (Fsp3) is 0.189. The van der Waals surface area contributed by atoms with Crippen LogP contribution in [0.1, 0.15) is 66.3 Å². The first-order valence-corrected chi connectivity index (χ1v) is 13.8. The van der Waals surface area contributed by atoms with Crippen molar-refractivity contribution in [2.75, 3.05) is 0 Å². The Labute approximate surface area is 220 Å². The second-order valence-corrected chi connectivity index (χ2v) is 10.7. The van der Waals surface area contributed by atoms with Gasteiger partial charge in [0.15, 0.2) is 0 Å². The lowest BCUT2D eigenvalue weighted by Crippen LogP contribution is -2.05. The van der Waals surface area contributed by atoms with Crippen LogP contribution in [0.15, 0.2) is 109 Å². The van der Waals surface area contributed by atoms with Gasteiger partial charge in [-0.05, 0) is 80.1 Å². The molecule has 2 aliphatic rings. The van der Waals surface area contributed by atoms with Gasteiger partial charge in [-0.1, -0.05) is 135 Å². The van der Waals surface area contributed by atoms with Crippen molar-refractivity contribution in [2.24, 2.45) is 0 Å². The monoisotopic (exact) mass is 476 g/mol. The molecule has 0 amide bonds. The number of hydrogen-bond donors (Lipinski definition) is 0. The zero-order valence-corrected chi connectivity index (χ0v) is 21.5. The van der Waals surface area contributed by atoms with E-state index >= 15 is 0 Å². The standard InChI is InChI=1S/C37H32/c1-2-3-4-14-27-24-36-32(30-18-9-15-25-12-5-7-16-28(25)30)20-11-22-34(36)37(27)33-21-10-19-31-29-17-8-6-13-26(29)23-35(31)33/h5-13,15-22,24,37H,2-4,14,23H2,1H3. The Morgan fingerprint density at radius 2 is 1.32 bits per heavy atom. The Balaban J connectivity index is 1.41. The molecule has 0 saturated heterocycles. The smallest absolute Gasteiger partial charge is 0.0311 e. The number of unbranched alkanes of at least 4 members (excludes halogenated alkanes) is 2. The van der Waals surface area contributed by atoms with E-state index < -0.39 is 0 Å². The summed E-state index contributed by atoms with van der Waals surface area (Å²) in [6, 6.07) is 38.5. The molecule has 5 aromatic carbocycles. The first-order chi connectivity index (χ1) is 18.3. The number of fused-ring (bicyclic) bond motifs is 5. The molecule has 0 heterocycles. The van der Waals surface area contributed by atoms with E-state index in [0.29, 0.717) is 5.92 Å². The molecule has 0 heteroatoms. The molecule has 0 saturated carbocycles. The molecule has 7 rings (SSSR count). The van der Waals surface area contributed by atoms with Crippen LogP contribution in [0.5, 0.6) is 0 Å². The van der Waals surface area contributed by atoms with Gasteiger partial charge in [-0.25, -0.2) is 0 Å². The third-order valence-electron chi connectivity index (χ3n) is 8.50. The maximum atomic E-state index is 2.55. The van der Waals surface area contributed by atoms with Crippen molar-refractivity contribution in [3.8, 4) is 22.3 Å². The number of rotatable bonds is 6. The fourth-order valence-electron chi connectivity index (χ4n) is 6.77. The molecule has 1 unspecified atom stereocenters. The van der Waals surface area contributed by atoms with E-state index in [9.17, 15) is 0 Å². The molecule has 0 N–H and O–H groups in total. The summed E-state index contributed by atoms with van der Waals surface area (Å²) in [6.07, 6.45) is 8.55. The summed E-state index contributed by atoms with van der Waals surface area (Å²) in [6.45, 7) is 2.30. The highest BCUT2D eigenvalue weighted by molar-refractivity contribution is 5.99. The predicted octanol–water partition coefficient (Wildman–Crippen LogP) is 10.2. The first-order valence-electron chi connectivity index (χ1n) is 13.8. The average molecular weight is 477 g/mol. The van der Waals surface area contributed by atoms with E-state index in [4.69, 9.17) is 0 Å². The maximum Gasteiger partial charge on any atom is 0.0311 e. The highest BCUT2D eigenvalue weighted by Crippen LogP contribution is 2.50. The molecule has 2 aliphatic carbocycles. The SMILES string of the molecule is CCCCCC1=Cc2c(-c3cccc4ccccc34)cccc2C1c1cccc2c1Cc1ccccc1-2. The topological polar surface area (TPSA) is 0 Å². The quantitative estimate of drug-likeness (QED) is 0.210. The minimum Gasteiger partial charge on any atom is -0.0654 e. The van der Waals surface area contributed by atoms with Crippen molar-refractivity contribution in [2.45, 2.75) is 44.9 Å². The Morgan fingerprint density at radius 1 is 0.622 bits per heavy atom. The van der Waals surface area contributed by atoms with Gasteiger partial charge in [0.25, 0.3) is 0 Å². The molecule has 0 aromatic heterocycles. The molecule has 0 spiro atoms. The van der Waals surface area contributed by atoms with Crippen molar-refractivity contribution >= 4 is 16.8 Å². The summed E-state index contributed by atoms with van der Waals surface area (Å²) in [7, 11) is 0. The second kappa shape index (κ2) is 9.20. The zero-order valence-electron chi connectivity index (χ0n) is 21.5. The maximum absolute atomic E-state index is 2.55. The van der Waals surface area contributed by atoms with Crippen molar-refractivity contribution < 1.29 is 0 Å². The molecule has 0 aliphatic heterocycles. The van der Waals surface area contributed by atoms with E-state index in [1.54, 1.807) is 5.57 Å². The van der Waals surface area contributed by atoms with Crippen LogP contribution < -0.4 is 0 Å². The normalized spacial score (nSPS) is 15.4. The van der Waals surface area contributed by atoms with Crippen LogP contribution in [0, 0.1) is 0 Å². The minimum absolute atomic E-state index is 0.339. The summed E-state index contributed by atoms with van der Waals surface area (Å²) in [5.41, 5.74) is 14.5.